The second-order valence-corrected chi connectivity index (χ2v) is 8.07. The number of nitrogens with zero attached hydrogens (tertiary/aromatic N) is 3. The van der Waals surface area contributed by atoms with Gasteiger partial charge in [0.25, 0.3) is 0 Å². The zero-order valence-corrected chi connectivity index (χ0v) is 16.3. The lowest BCUT2D eigenvalue weighted by Crippen LogP contribution is -2.54. The fraction of sp³-hybridized carbons (Fsp3) is 0.944. The number of likely N-dealkylation sites (N-methyl/N-ethyl adjacent to an activating group) is 1. The maximum atomic E-state index is 12.9. The summed E-state index contributed by atoms with van der Waals surface area (Å²) < 4.78 is 51.4. The molecule has 0 aliphatic heterocycles. The van der Waals surface area contributed by atoms with Crippen LogP contribution in [0.3, 0.4) is 0 Å². The van der Waals surface area contributed by atoms with E-state index in [0.717, 1.165) is 0 Å². The van der Waals surface area contributed by atoms with E-state index < -0.39 is 17.4 Å². The molecule has 2 aliphatic rings. The molecule has 0 spiro atoms. The Balaban J connectivity index is 0.000000260. The minimum absolute atomic E-state index is 0.0254. The summed E-state index contributed by atoms with van der Waals surface area (Å²) in [6.45, 7) is 0.468. The Morgan fingerprint density at radius 2 is 1.15 bits per heavy atom. The van der Waals surface area contributed by atoms with Crippen LogP contribution in [0, 0.1) is 11.3 Å². The second-order valence-electron chi connectivity index (χ2n) is 8.07. The zero-order chi connectivity index (χ0) is 20.2. The van der Waals surface area contributed by atoms with E-state index in [-0.39, 0.29) is 44.1 Å². The third-order valence-electron chi connectivity index (χ3n) is 6.11. The van der Waals surface area contributed by atoms with Crippen molar-refractivity contribution >= 4 is 0 Å². The van der Waals surface area contributed by atoms with Gasteiger partial charge in [-0.1, -0.05) is 0 Å². The van der Waals surface area contributed by atoms with E-state index in [2.05, 4.69) is 6.07 Å². The highest BCUT2D eigenvalue weighted by Crippen LogP contribution is 2.41. The molecule has 2 fully saturated rings. The molecule has 26 heavy (non-hydrogen) atoms. The topological polar surface area (TPSA) is 56.3 Å². The summed E-state index contributed by atoms with van der Waals surface area (Å²) in [4.78, 5) is 3.74. The standard InChI is InChI=1S/C9H18F2N2.C9H14F2N2/c2*1-13(2)8(7-12)3-5-9(10,11)6-4-8/h3-7,12H2,1-2H3;3-6H2,1-2H3. The van der Waals surface area contributed by atoms with Crippen LogP contribution < -0.4 is 5.73 Å². The molecule has 0 atom stereocenters. The van der Waals surface area contributed by atoms with Crippen LogP contribution in [0.4, 0.5) is 17.6 Å². The van der Waals surface area contributed by atoms with E-state index >= 15 is 0 Å². The van der Waals surface area contributed by atoms with Crippen LogP contribution in [0.2, 0.25) is 0 Å². The average molecular weight is 380 g/mol. The zero-order valence-electron chi connectivity index (χ0n) is 16.3. The molecule has 2 rings (SSSR count). The van der Waals surface area contributed by atoms with Crippen molar-refractivity contribution < 1.29 is 17.6 Å². The summed E-state index contributed by atoms with van der Waals surface area (Å²) in [5, 5.41) is 8.95. The van der Waals surface area contributed by atoms with Crippen LogP contribution in [-0.4, -0.2) is 67.5 Å². The average Bonchev–Trinajstić information content (AvgIpc) is 2.56. The number of rotatable bonds is 3. The van der Waals surface area contributed by atoms with E-state index in [1.165, 1.54) is 0 Å². The normalized spacial score (nSPS) is 25.9. The Morgan fingerprint density at radius 3 is 1.42 bits per heavy atom. The van der Waals surface area contributed by atoms with E-state index in [9.17, 15) is 17.6 Å². The van der Waals surface area contributed by atoms with Gasteiger partial charge in [-0.05, 0) is 53.9 Å². The first kappa shape index (κ1) is 23.1. The lowest BCUT2D eigenvalue weighted by Gasteiger charge is -2.44. The number of alkyl halides is 4. The minimum atomic E-state index is -2.56. The van der Waals surface area contributed by atoms with E-state index in [1.54, 1.807) is 19.0 Å². The Morgan fingerprint density at radius 1 is 0.769 bits per heavy atom. The third kappa shape index (κ3) is 5.54. The number of nitriles is 1. The fourth-order valence-corrected chi connectivity index (χ4v) is 3.60. The summed E-state index contributed by atoms with van der Waals surface area (Å²) in [5.41, 5.74) is 4.78. The highest BCUT2D eigenvalue weighted by molar-refractivity contribution is 5.10. The van der Waals surface area contributed by atoms with Crippen molar-refractivity contribution in [2.24, 2.45) is 5.73 Å². The van der Waals surface area contributed by atoms with Gasteiger partial charge in [-0.3, -0.25) is 4.90 Å². The Kier molecular flexibility index (Phi) is 7.48. The molecule has 0 unspecified atom stereocenters. The van der Waals surface area contributed by atoms with E-state index in [4.69, 9.17) is 11.0 Å². The van der Waals surface area contributed by atoms with Crippen LogP contribution in [-0.2, 0) is 0 Å². The maximum absolute atomic E-state index is 12.9. The van der Waals surface area contributed by atoms with Crippen LogP contribution in [0.1, 0.15) is 51.4 Å². The smallest absolute Gasteiger partial charge is 0.248 e. The van der Waals surface area contributed by atoms with Gasteiger partial charge in [0, 0.05) is 37.8 Å². The van der Waals surface area contributed by atoms with Gasteiger partial charge in [0.2, 0.25) is 11.8 Å². The molecule has 2 saturated carbocycles. The maximum Gasteiger partial charge on any atom is 0.248 e. The molecule has 0 amide bonds. The molecule has 0 aromatic carbocycles. The van der Waals surface area contributed by atoms with Crippen molar-refractivity contribution in [3.63, 3.8) is 0 Å². The summed E-state index contributed by atoms with van der Waals surface area (Å²) >= 11 is 0. The van der Waals surface area contributed by atoms with Crippen molar-refractivity contribution in [1.29, 1.82) is 5.26 Å². The van der Waals surface area contributed by atoms with Gasteiger partial charge in [-0.2, -0.15) is 5.26 Å². The molecule has 4 nitrogen and oxygen atoms in total. The largest absolute Gasteiger partial charge is 0.329 e. The number of hydrogen-bond acceptors (Lipinski definition) is 4. The fourth-order valence-electron chi connectivity index (χ4n) is 3.60. The third-order valence-corrected chi connectivity index (χ3v) is 6.11. The predicted octanol–water partition coefficient (Wildman–Crippen LogP) is 3.47. The lowest BCUT2D eigenvalue weighted by atomic mass is 9.79. The van der Waals surface area contributed by atoms with Crippen molar-refractivity contribution in [2.45, 2.75) is 74.3 Å². The van der Waals surface area contributed by atoms with Gasteiger partial charge in [0.05, 0.1) is 6.07 Å². The van der Waals surface area contributed by atoms with Gasteiger partial charge in [-0.15, -0.1) is 0 Å². The Labute approximate surface area is 154 Å². The van der Waals surface area contributed by atoms with Crippen molar-refractivity contribution in [2.75, 3.05) is 34.7 Å². The van der Waals surface area contributed by atoms with Gasteiger partial charge in [0.1, 0.15) is 5.54 Å². The minimum Gasteiger partial charge on any atom is -0.329 e. The van der Waals surface area contributed by atoms with Crippen LogP contribution >= 0.6 is 0 Å². The molecule has 2 aliphatic carbocycles. The van der Waals surface area contributed by atoms with Crippen molar-refractivity contribution in [1.82, 2.24) is 9.80 Å². The van der Waals surface area contributed by atoms with Crippen molar-refractivity contribution in [3.8, 4) is 6.07 Å². The first-order valence-electron chi connectivity index (χ1n) is 9.06. The molecular formula is C18H32F4N4. The Bertz CT molecular complexity index is 480. The molecule has 0 aromatic rings. The number of halogens is 4. The van der Waals surface area contributed by atoms with Gasteiger partial charge in [-0.25, -0.2) is 17.6 Å². The number of nitrogens with two attached hydrogens (primary N) is 1. The van der Waals surface area contributed by atoms with Gasteiger partial charge in [0.15, 0.2) is 0 Å². The molecule has 152 valence electrons. The Hall–Kier alpha value is -0.910. The van der Waals surface area contributed by atoms with Gasteiger partial charge < -0.3 is 10.6 Å². The quantitative estimate of drug-likeness (QED) is 0.762. The highest BCUT2D eigenvalue weighted by atomic mass is 19.3. The van der Waals surface area contributed by atoms with Crippen LogP contribution in [0.25, 0.3) is 0 Å². The summed E-state index contributed by atoms with van der Waals surface area (Å²) in [6.07, 6.45) is 1.16. The van der Waals surface area contributed by atoms with Crippen LogP contribution in [0.5, 0.6) is 0 Å². The summed E-state index contributed by atoms with van der Waals surface area (Å²) in [7, 11) is 7.37. The molecule has 0 bridgehead atoms. The summed E-state index contributed by atoms with van der Waals surface area (Å²) in [5.74, 6) is -5.02. The van der Waals surface area contributed by atoms with Crippen LogP contribution in [0.15, 0.2) is 0 Å². The molecular weight excluding hydrogens is 348 g/mol. The van der Waals surface area contributed by atoms with Crippen molar-refractivity contribution in [3.05, 3.63) is 0 Å². The second kappa shape index (κ2) is 8.41. The van der Waals surface area contributed by atoms with E-state index in [0.29, 0.717) is 19.4 Å². The van der Waals surface area contributed by atoms with E-state index in [1.807, 2.05) is 19.0 Å². The molecule has 0 aromatic heterocycles. The first-order valence-corrected chi connectivity index (χ1v) is 9.06. The summed E-state index contributed by atoms with van der Waals surface area (Å²) in [6, 6.07) is 2.15. The monoisotopic (exact) mass is 380 g/mol. The molecule has 8 heteroatoms. The highest BCUT2D eigenvalue weighted by Gasteiger charge is 2.45. The molecule has 0 radical (unpaired) electrons. The first-order chi connectivity index (χ1) is 11.8. The van der Waals surface area contributed by atoms with Gasteiger partial charge >= 0.3 is 0 Å². The molecule has 0 saturated heterocycles. The lowest BCUT2D eigenvalue weighted by molar-refractivity contribution is -0.0714. The SMILES string of the molecule is CN(C)C1(C#N)CCC(F)(F)CC1.CN(C)C1(CN)CCC(F)(F)CC1. The predicted molar refractivity (Wildman–Crippen MR) is 94.3 cm³/mol. The number of hydrogen-bond donors (Lipinski definition) is 1. The molecule has 2 N–H and O–H groups in total. The molecule has 0 heterocycles.